The predicted molar refractivity (Wildman–Crippen MR) is 110 cm³/mol. The molecule has 0 spiro atoms. The molecule has 9 heteroatoms. The first-order valence-corrected chi connectivity index (χ1v) is 9.23. The Bertz CT molecular complexity index is 846. The first-order chi connectivity index (χ1) is 11.0. The molecule has 0 bridgehead atoms. The second kappa shape index (κ2) is 8.19. The zero-order chi connectivity index (χ0) is 16.4. The van der Waals surface area contributed by atoms with Crippen molar-refractivity contribution < 1.29 is 4.79 Å². The van der Waals surface area contributed by atoms with Crippen LogP contribution in [0.15, 0.2) is 34.1 Å². The Morgan fingerprint density at radius 1 is 1.17 bits per heavy atom. The van der Waals surface area contributed by atoms with Gasteiger partial charge in [0, 0.05) is 22.5 Å². The molecule has 2 aromatic heterocycles. The van der Waals surface area contributed by atoms with Crippen molar-refractivity contribution in [1.29, 1.82) is 0 Å². The van der Waals surface area contributed by atoms with E-state index in [1.165, 1.54) is 29.6 Å². The van der Waals surface area contributed by atoms with E-state index in [0.29, 0.717) is 5.13 Å². The van der Waals surface area contributed by atoms with Gasteiger partial charge in [0.1, 0.15) is 0 Å². The number of carbonyl (C=O) groups excluding carboxylic acids is 1. The van der Waals surface area contributed by atoms with Crippen LogP contribution in [0.1, 0.15) is 12.6 Å². The minimum absolute atomic E-state index is 0. The van der Waals surface area contributed by atoms with Crippen molar-refractivity contribution in [3.8, 4) is 10.6 Å². The maximum atomic E-state index is 11.1. The summed E-state index contributed by atoms with van der Waals surface area (Å²) in [5.74, 6) is -0.124. The Kier molecular flexibility index (Phi) is 6.50. The number of carbonyl (C=O) groups is 1. The van der Waals surface area contributed by atoms with Crippen molar-refractivity contribution in [1.82, 2.24) is 9.97 Å². The molecule has 0 saturated carbocycles. The van der Waals surface area contributed by atoms with Crippen LogP contribution in [0, 0.1) is 6.92 Å². The minimum atomic E-state index is -0.124. The van der Waals surface area contributed by atoms with E-state index in [9.17, 15) is 4.79 Å². The highest BCUT2D eigenvalue weighted by atomic mass is 79.9. The van der Waals surface area contributed by atoms with Crippen molar-refractivity contribution in [2.24, 2.45) is 0 Å². The summed E-state index contributed by atoms with van der Waals surface area (Å²) in [5, 5.41) is 9.39. The monoisotopic (exact) mass is 488 g/mol. The Balaban J connectivity index is 0.00000208. The number of aromatic nitrogens is 2. The Hall–Kier alpha value is -1.29. The number of halogens is 2. The number of nitrogens with one attached hydrogen (secondary N) is 2. The molecule has 0 radical (unpaired) electrons. The van der Waals surface area contributed by atoms with E-state index in [1.54, 1.807) is 0 Å². The SMILES string of the molecule is Br.CC(=O)Nc1nc(C)c(-c2csc(Nc3ccc(Br)cc3)n2)s1. The van der Waals surface area contributed by atoms with Crippen molar-refractivity contribution >= 4 is 77.4 Å². The molecule has 0 saturated heterocycles. The summed E-state index contributed by atoms with van der Waals surface area (Å²) in [5.41, 5.74) is 2.70. The van der Waals surface area contributed by atoms with Crippen LogP contribution < -0.4 is 10.6 Å². The summed E-state index contributed by atoms with van der Waals surface area (Å²) in [7, 11) is 0. The second-order valence-corrected chi connectivity index (χ2v) is 7.56. The fourth-order valence-corrected chi connectivity index (χ4v) is 3.96. The van der Waals surface area contributed by atoms with Gasteiger partial charge in [0.15, 0.2) is 10.3 Å². The molecule has 0 unspecified atom stereocenters. The Morgan fingerprint density at radius 3 is 2.54 bits per heavy atom. The second-order valence-electron chi connectivity index (χ2n) is 4.78. The molecule has 1 amide bonds. The number of hydrogen-bond acceptors (Lipinski definition) is 6. The molecular weight excluding hydrogens is 476 g/mol. The Morgan fingerprint density at radius 2 is 1.88 bits per heavy atom. The van der Waals surface area contributed by atoms with Gasteiger partial charge in [-0.15, -0.1) is 28.3 Å². The zero-order valence-electron chi connectivity index (χ0n) is 12.8. The third-order valence-electron chi connectivity index (χ3n) is 2.91. The summed E-state index contributed by atoms with van der Waals surface area (Å²) >= 11 is 6.38. The van der Waals surface area contributed by atoms with Crippen LogP contribution in [0.2, 0.25) is 0 Å². The number of aryl methyl sites for hydroxylation is 1. The lowest BCUT2D eigenvalue weighted by Gasteiger charge is -2.01. The summed E-state index contributed by atoms with van der Waals surface area (Å²) in [6.07, 6.45) is 0. The average Bonchev–Trinajstić information content (AvgIpc) is 3.07. The molecule has 5 nitrogen and oxygen atoms in total. The van der Waals surface area contributed by atoms with Crippen LogP contribution in [0.3, 0.4) is 0 Å². The third-order valence-corrected chi connectivity index (χ3v) is 5.29. The standard InChI is InChI=1S/C15H13BrN4OS2.BrH/c1-8-13(23-15(17-8)18-9(2)21)12-7-22-14(20-12)19-11-5-3-10(16)4-6-11;/h3-7H,1-2H3,(H,19,20)(H,17,18,21);1H. The molecule has 0 aliphatic rings. The van der Waals surface area contributed by atoms with Gasteiger partial charge in [-0.1, -0.05) is 27.3 Å². The van der Waals surface area contributed by atoms with Crippen molar-refractivity contribution in [2.45, 2.75) is 13.8 Å². The summed E-state index contributed by atoms with van der Waals surface area (Å²) in [6, 6.07) is 7.92. The van der Waals surface area contributed by atoms with Gasteiger partial charge in [0.05, 0.1) is 16.3 Å². The normalized spacial score (nSPS) is 10.1. The maximum absolute atomic E-state index is 11.1. The molecule has 126 valence electrons. The minimum Gasteiger partial charge on any atom is -0.332 e. The van der Waals surface area contributed by atoms with Crippen LogP contribution >= 0.6 is 55.6 Å². The van der Waals surface area contributed by atoms with E-state index in [0.717, 1.165) is 31.6 Å². The number of nitrogens with zero attached hydrogens (tertiary/aromatic N) is 2. The number of amides is 1. The molecule has 0 fully saturated rings. The molecule has 2 N–H and O–H groups in total. The molecule has 0 atom stereocenters. The van der Waals surface area contributed by atoms with Crippen LogP contribution in [-0.4, -0.2) is 15.9 Å². The van der Waals surface area contributed by atoms with E-state index < -0.39 is 0 Å². The van der Waals surface area contributed by atoms with Gasteiger partial charge in [-0.2, -0.15) is 0 Å². The summed E-state index contributed by atoms with van der Waals surface area (Å²) < 4.78 is 1.04. The van der Waals surface area contributed by atoms with E-state index >= 15 is 0 Å². The van der Waals surface area contributed by atoms with Gasteiger partial charge in [-0.05, 0) is 31.2 Å². The van der Waals surface area contributed by atoms with E-state index in [2.05, 4.69) is 36.5 Å². The van der Waals surface area contributed by atoms with Gasteiger partial charge in [0.25, 0.3) is 0 Å². The highest BCUT2D eigenvalue weighted by molar-refractivity contribution is 9.10. The lowest BCUT2D eigenvalue weighted by Crippen LogP contribution is -2.04. The van der Waals surface area contributed by atoms with Crippen LogP contribution in [0.4, 0.5) is 16.0 Å². The van der Waals surface area contributed by atoms with Gasteiger partial charge in [0.2, 0.25) is 5.91 Å². The predicted octanol–water partition coefficient (Wildman–Crippen LogP) is 5.62. The zero-order valence-corrected chi connectivity index (χ0v) is 17.7. The first-order valence-electron chi connectivity index (χ1n) is 6.75. The highest BCUT2D eigenvalue weighted by Gasteiger charge is 2.13. The Labute approximate surface area is 166 Å². The molecular formula is C15H14Br2N4OS2. The number of rotatable bonds is 4. The van der Waals surface area contributed by atoms with Gasteiger partial charge >= 0.3 is 0 Å². The topological polar surface area (TPSA) is 66.9 Å². The molecule has 0 aliphatic heterocycles. The molecule has 24 heavy (non-hydrogen) atoms. The smallest absolute Gasteiger partial charge is 0.223 e. The quantitative estimate of drug-likeness (QED) is 0.499. The highest BCUT2D eigenvalue weighted by Crippen LogP contribution is 2.35. The van der Waals surface area contributed by atoms with Crippen LogP contribution in [0.5, 0.6) is 0 Å². The lowest BCUT2D eigenvalue weighted by molar-refractivity contribution is -0.114. The van der Waals surface area contributed by atoms with Gasteiger partial charge < -0.3 is 10.6 Å². The lowest BCUT2D eigenvalue weighted by atomic mass is 10.3. The average molecular weight is 490 g/mol. The molecule has 3 aromatic rings. The van der Waals surface area contributed by atoms with E-state index in [1.807, 2.05) is 36.6 Å². The molecule has 0 aliphatic carbocycles. The maximum Gasteiger partial charge on any atom is 0.223 e. The fraction of sp³-hybridized carbons (Fsp3) is 0.133. The molecule has 1 aromatic carbocycles. The third kappa shape index (κ3) is 4.62. The first kappa shape index (κ1) is 19.0. The number of anilines is 3. The van der Waals surface area contributed by atoms with Gasteiger partial charge in [-0.25, -0.2) is 9.97 Å². The van der Waals surface area contributed by atoms with Crippen LogP contribution in [-0.2, 0) is 4.79 Å². The molecule has 2 heterocycles. The fourth-order valence-electron chi connectivity index (χ4n) is 1.93. The van der Waals surface area contributed by atoms with Crippen molar-refractivity contribution in [3.05, 3.63) is 39.8 Å². The van der Waals surface area contributed by atoms with Crippen molar-refractivity contribution in [2.75, 3.05) is 10.6 Å². The number of benzene rings is 1. The van der Waals surface area contributed by atoms with Crippen molar-refractivity contribution in [3.63, 3.8) is 0 Å². The summed E-state index contributed by atoms with van der Waals surface area (Å²) in [4.78, 5) is 21.1. The van der Waals surface area contributed by atoms with Crippen LogP contribution in [0.25, 0.3) is 10.6 Å². The van der Waals surface area contributed by atoms with E-state index in [4.69, 9.17) is 0 Å². The largest absolute Gasteiger partial charge is 0.332 e. The number of hydrogen-bond donors (Lipinski definition) is 2. The van der Waals surface area contributed by atoms with Gasteiger partial charge in [-0.3, -0.25) is 4.79 Å². The summed E-state index contributed by atoms with van der Waals surface area (Å²) in [6.45, 7) is 3.39. The molecule has 3 rings (SSSR count). The van der Waals surface area contributed by atoms with E-state index in [-0.39, 0.29) is 22.9 Å². The number of thiazole rings is 2.